The summed E-state index contributed by atoms with van der Waals surface area (Å²) in [6, 6.07) is 23.0. The van der Waals surface area contributed by atoms with E-state index >= 15 is 0 Å². The fraction of sp³-hybridized carbons (Fsp3) is 0.185. The van der Waals surface area contributed by atoms with Crippen LogP contribution in [0.3, 0.4) is 0 Å². The number of hydrogen-bond acceptors (Lipinski definition) is 4. The lowest BCUT2D eigenvalue weighted by molar-refractivity contribution is -0.137. The smallest absolute Gasteiger partial charge is 0.277 e. The molecule has 0 radical (unpaired) electrons. The van der Waals surface area contributed by atoms with Crippen LogP contribution in [0.4, 0.5) is 4.39 Å². The van der Waals surface area contributed by atoms with Gasteiger partial charge in [-0.15, -0.1) is 0 Å². The number of carbonyl (C=O) groups excluding carboxylic acids is 2. The number of rotatable bonds is 8. The van der Waals surface area contributed by atoms with Crippen LogP contribution in [0.25, 0.3) is 5.57 Å². The van der Waals surface area contributed by atoms with Crippen LogP contribution in [-0.4, -0.2) is 42.3 Å². The van der Waals surface area contributed by atoms with Crippen molar-refractivity contribution in [1.29, 1.82) is 0 Å². The molecule has 0 bridgehead atoms. The van der Waals surface area contributed by atoms with Gasteiger partial charge in [0.05, 0.1) is 12.7 Å². The molecule has 0 saturated heterocycles. The summed E-state index contributed by atoms with van der Waals surface area (Å²) in [5.74, 6) is -0.308. The van der Waals surface area contributed by atoms with Crippen molar-refractivity contribution >= 4 is 17.4 Å². The van der Waals surface area contributed by atoms with Gasteiger partial charge in [0.1, 0.15) is 17.3 Å². The van der Waals surface area contributed by atoms with Crippen molar-refractivity contribution in [2.45, 2.75) is 13.0 Å². The van der Waals surface area contributed by atoms with E-state index in [2.05, 4.69) is 0 Å². The minimum atomic E-state index is -0.331. The molecule has 168 valence electrons. The summed E-state index contributed by atoms with van der Waals surface area (Å²) in [5.41, 5.74) is 3.29. The molecule has 1 aliphatic heterocycles. The number of methoxy groups -OCH3 is 1. The first-order chi connectivity index (χ1) is 16.0. The summed E-state index contributed by atoms with van der Waals surface area (Å²) >= 11 is 0. The van der Waals surface area contributed by atoms with Gasteiger partial charge in [-0.25, -0.2) is 4.39 Å². The van der Waals surface area contributed by atoms with Gasteiger partial charge in [-0.1, -0.05) is 54.6 Å². The summed E-state index contributed by atoms with van der Waals surface area (Å²) in [7, 11) is 3.40. The first kappa shape index (κ1) is 22.3. The minimum Gasteiger partial charge on any atom is -0.497 e. The second kappa shape index (κ2) is 9.69. The molecule has 1 heterocycles. The van der Waals surface area contributed by atoms with E-state index in [0.29, 0.717) is 35.5 Å². The van der Waals surface area contributed by atoms with E-state index < -0.39 is 0 Å². The Morgan fingerprint density at radius 1 is 0.848 bits per heavy atom. The zero-order valence-corrected chi connectivity index (χ0v) is 18.6. The predicted octanol–water partition coefficient (Wildman–Crippen LogP) is 4.29. The van der Waals surface area contributed by atoms with Crippen molar-refractivity contribution in [3.63, 3.8) is 0 Å². The molecular weight excluding hydrogens is 419 g/mol. The molecule has 0 aliphatic carbocycles. The number of nitrogens with zero attached hydrogens (tertiary/aromatic N) is 2. The molecule has 0 fully saturated rings. The summed E-state index contributed by atoms with van der Waals surface area (Å²) in [6.45, 7) is 0.701. The predicted molar refractivity (Wildman–Crippen MR) is 125 cm³/mol. The summed E-state index contributed by atoms with van der Waals surface area (Å²) in [6.07, 6.45) is 0.448. The highest BCUT2D eigenvalue weighted by atomic mass is 19.1. The molecule has 2 amide bonds. The first-order valence-corrected chi connectivity index (χ1v) is 10.7. The third-order valence-corrected chi connectivity index (χ3v) is 5.70. The monoisotopic (exact) mass is 444 g/mol. The zero-order chi connectivity index (χ0) is 23.4. The third kappa shape index (κ3) is 4.80. The number of likely N-dealkylation sites (N-methyl/N-ethyl adjacent to an activating group) is 1. The SMILES string of the molecule is COc1ccc(C2=C(N(C)Cc3ccccc3)C(=O)N(CCc3ccc(F)cc3)C2=O)cc1. The van der Waals surface area contributed by atoms with Crippen molar-refractivity contribution in [1.82, 2.24) is 9.80 Å². The number of ether oxygens (including phenoxy) is 1. The van der Waals surface area contributed by atoms with Gasteiger partial charge in [0.25, 0.3) is 11.8 Å². The Labute approximate surface area is 192 Å². The Hall–Kier alpha value is -3.93. The molecule has 0 atom stereocenters. The molecule has 0 saturated carbocycles. The van der Waals surface area contributed by atoms with E-state index in [9.17, 15) is 14.0 Å². The molecular formula is C27H25FN2O3. The van der Waals surface area contributed by atoms with Gasteiger partial charge in [0.15, 0.2) is 0 Å². The van der Waals surface area contributed by atoms with Crippen LogP contribution in [0.2, 0.25) is 0 Å². The Balaban J connectivity index is 1.65. The van der Waals surface area contributed by atoms with Crippen LogP contribution in [0.1, 0.15) is 16.7 Å². The second-order valence-electron chi connectivity index (χ2n) is 7.93. The van der Waals surface area contributed by atoms with Gasteiger partial charge in [-0.05, 0) is 47.4 Å². The molecule has 0 N–H and O–H groups in total. The molecule has 5 nitrogen and oxygen atoms in total. The number of hydrogen-bond donors (Lipinski definition) is 0. The highest BCUT2D eigenvalue weighted by Gasteiger charge is 2.40. The molecule has 3 aromatic carbocycles. The maximum Gasteiger partial charge on any atom is 0.277 e. The van der Waals surface area contributed by atoms with Gasteiger partial charge in [0.2, 0.25) is 0 Å². The lowest BCUT2D eigenvalue weighted by Gasteiger charge is -2.21. The van der Waals surface area contributed by atoms with E-state index in [1.165, 1.54) is 17.0 Å². The van der Waals surface area contributed by atoms with Crippen LogP contribution in [-0.2, 0) is 22.6 Å². The lowest BCUT2D eigenvalue weighted by atomic mass is 10.0. The van der Waals surface area contributed by atoms with Crippen LogP contribution in [0.5, 0.6) is 5.75 Å². The maximum atomic E-state index is 13.5. The Bertz CT molecular complexity index is 1170. The first-order valence-electron chi connectivity index (χ1n) is 10.7. The third-order valence-electron chi connectivity index (χ3n) is 5.70. The highest BCUT2D eigenvalue weighted by molar-refractivity contribution is 6.35. The average molecular weight is 445 g/mol. The van der Waals surface area contributed by atoms with Crippen LogP contribution in [0.15, 0.2) is 84.6 Å². The van der Waals surface area contributed by atoms with E-state index in [1.54, 1.807) is 43.5 Å². The molecule has 0 unspecified atom stereocenters. The Morgan fingerprint density at radius 3 is 2.15 bits per heavy atom. The molecule has 1 aliphatic rings. The number of carbonyl (C=O) groups is 2. The van der Waals surface area contributed by atoms with Crippen molar-refractivity contribution in [2.75, 3.05) is 20.7 Å². The Morgan fingerprint density at radius 2 is 1.52 bits per heavy atom. The van der Waals surface area contributed by atoms with Crippen LogP contribution < -0.4 is 4.74 Å². The van der Waals surface area contributed by atoms with Crippen molar-refractivity contribution in [2.24, 2.45) is 0 Å². The standard InChI is InChI=1S/C27H25FN2O3/c1-29(18-20-6-4-3-5-7-20)25-24(21-10-14-23(33-2)15-11-21)26(31)30(27(25)32)17-16-19-8-12-22(28)13-9-19/h3-15H,16-18H2,1-2H3. The minimum absolute atomic E-state index is 0.214. The van der Waals surface area contributed by atoms with E-state index in [-0.39, 0.29) is 24.2 Å². The zero-order valence-electron chi connectivity index (χ0n) is 18.6. The van der Waals surface area contributed by atoms with E-state index in [1.807, 2.05) is 42.3 Å². The summed E-state index contributed by atoms with van der Waals surface area (Å²) in [4.78, 5) is 30.0. The largest absolute Gasteiger partial charge is 0.497 e. The van der Waals surface area contributed by atoms with Crippen molar-refractivity contribution < 1.29 is 18.7 Å². The number of imide groups is 1. The van der Waals surface area contributed by atoms with Gasteiger partial charge in [-0.3, -0.25) is 14.5 Å². The molecule has 0 spiro atoms. The molecule has 0 aromatic heterocycles. The molecule has 3 aromatic rings. The lowest BCUT2D eigenvalue weighted by Crippen LogP contribution is -2.35. The van der Waals surface area contributed by atoms with E-state index in [0.717, 1.165) is 11.1 Å². The molecule has 33 heavy (non-hydrogen) atoms. The van der Waals surface area contributed by atoms with Gasteiger partial charge in [-0.2, -0.15) is 0 Å². The number of halogens is 1. The quantitative estimate of drug-likeness (QED) is 0.487. The van der Waals surface area contributed by atoms with E-state index in [4.69, 9.17) is 4.74 Å². The highest BCUT2D eigenvalue weighted by Crippen LogP contribution is 2.32. The summed E-state index contributed by atoms with van der Waals surface area (Å²) < 4.78 is 18.5. The number of amides is 2. The van der Waals surface area contributed by atoms with Gasteiger partial charge >= 0.3 is 0 Å². The molecule has 4 rings (SSSR count). The topological polar surface area (TPSA) is 49.9 Å². The van der Waals surface area contributed by atoms with Crippen LogP contribution >= 0.6 is 0 Å². The van der Waals surface area contributed by atoms with Gasteiger partial charge < -0.3 is 9.64 Å². The fourth-order valence-corrected chi connectivity index (χ4v) is 3.97. The average Bonchev–Trinajstić information content (AvgIpc) is 3.09. The second-order valence-corrected chi connectivity index (χ2v) is 7.93. The van der Waals surface area contributed by atoms with Crippen molar-refractivity contribution in [3.05, 3.63) is 107 Å². The van der Waals surface area contributed by atoms with Crippen molar-refractivity contribution in [3.8, 4) is 5.75 Å². The molecule has 6 heteroatoms. The Kier molecular flexibility index (Phi) is 6.54. The normalized spacial score (nSPS) is 13.6. The van der Waals surface area contributed by atoms with Crippen LogP contribution in [0, 0.1) is 5.82 Å². The van der Waals surface area contributed by atoms with Gasteiger partial charge in [0, 0.05) is 20.1 Å². The fourth-order valence-electron chi connectivity index (χ4n) is 3.97. The maximum absolute atomic E-state index is 13.5. The number of benzene rings is 3. The summed E-state index contributed by atoms with van der Waals surface area (Å²) in [5, 5.41) is 0.